The van der Waals surface area contributed by atoms with Gasteiger partial charge in [0.15, 0.2) is 6.23 Å². The molecule has 0 saturated heterocycles. The molecule has 0 aromatic carbocycles. The minimum atomic E-state index is -0.297. The highest BCUT2D eigenvalue weighted by Crippen LogP contribution is 2.12. The summed E-state index contributed by atoms with van der Waals surface area (Å²) in [5.41, 5.74) is 0.459. The van der Waals surface area contributed by atoms with Crippen LogP contribution in [0.5, 0.6) is 0 Å². The van der Waals surface area contributed by atoms with Crippen LogP contribution >= 0.6 is 0 Å². The second kappa shape index (κ2) is 10.9. The van der Waals surface area contributed by atoms with Crippen LogP contribution in [0.15, 0.2) is 12.2 Å². The Bertz CT molecular complexity index is 288. The highest BCUT2D eigenvalue weighted by atomic mass is 16.6. The van der Waals surface area contributed by atoms with Gasteiger partial charge in [0.05, 0.1) is 0 Å². The van der Waals surface area contributed by atoms with Crippen molar-refractivity contribution in [3.63, 3.8) is 0 Å². The molecule has 0 fully saturated rings. The summed E-state index contributed by atoms with van der Waals surface area (Å²) in [6, 6.07) is 0. The fraction of sp³-hybridized carbons (Fsp3) is 0.812. The van der Waals surface area contributed by atoms with Crippen molar-refractivity contribution in [2.45, 2.75) is 51.7 Å². The molecule has 0 aliphatic carbocycles. The normalized spacial score (nSPS) is 12.8. The maximum atomic E-state index is 11.5. The first-order valence-electron chi connectivity index (χ1n) is 7.52. The van der Waals surface area contributed by atoms with E-state index in [1.54, 1.807) is 6.92 Å². The van der Waals surface area contributed by atoms with Gasteiger partial charge in [0.1, 0.15) is 0 Å². The smallest absolute Gasteiger partial charge is 0.334 e. The molecule has 0 aromatic rings. The van der Waals surface area contributed by atoms with Crippen LogP contribution in [0.4, 0.5) is 0 Å². The Labute approximate surface area is 124 Å². The summed E-state index contributed by atoms with van der Waals surface area (Å²) in [7, 11) is 8.09. The summed E-state index contributed by atoms with van der Waals surface area (Å²) < 4.78 is 5.41. The molecule has 0 saturated carbocycles. The average Bonchev–Trinajstić information content (AvgIpc) is 2.35. The van der Waals surface area contributed by atoms with Crippen molar-refractivity contribution in [1.29, 1.82) is 0 Å². The number of nitrogens with zero attached hydrogens (tertiary/aromatic N) is 2. The molecule has 0 aliphatic rings. The lowest BCUT2D eigenvalue weighted by Crippen LogP contribution is -2.33. The summed E-state index contributed by atoms with van der Waals surface area (Å²) >= 11 is 0. The van der Waals surface area contributed by atoms with Gasteiger partial charge in [0, 0.05) is 5.57 Å². The summed E-state index contributed by atoms with van der Waals surface area (Å²) in [6.45, 7) is 6.46. The van der Waals surface area contributed by atoms with Gasteiger partial charge in [0.25, 0.3) is 0 Å². The first kappa shape index (κ1) is 19.1. The molecule has 0 radical (unpaired) electrons. The molecule has 1 unspecified atom stereocenters. The van der Waals surface area contributed by atoms with Gasteiger partial charge in [-0.1, -0.05) is 25.8 Å². The highest BCUT2D eigenvalue weighted by molar-refractivity contribution is 5.87. The Morgan fingerprint density at radius 3 is 2.10 bits per heavy atom. The molecule has 20 heavy (non-hydrogen) atoms. The molecule has 4 nitrogen and oxygen atoms in total. The predicted octanol–water partition coefficient (Wildman–Crippen LogP) is 2.90. The summed E-state index contributed by atoms with van der Waals surface area (Å²) in [5.74, 6) is -0.297. The van der Waals surface area contributed by atoms with Crippen LogP contribution in [-0.4, -0.2) is 56.7 Å². The van der Waals surface area contributed by atoms with E-state index in [2.05, 4.69) is 25.6 Å². The minimum absolute atomic E-state index is 0.138. The van der Waals surface area contributed by atoms with Crippen molar-refractivity contribution in [3.05, 3.63) is 12.2 Å². The number of carbonyl (C=O) groups excluding carboxylic acids is 1. The van der Waals surface area contributed by atoms with Crippen molar-refractivity contribution in [3.8, 4) is 0 Å². The van der Waals surface area contributed by atoms with Gasteiger partial charge in [-0.15, -0.1) is 0 Å². The molecule has 0 aromatic heterocycles. The van der Waals surface area contributed by atoms with Crippen LogP contribution in [0.1, 0.15) is 45.4 Å². The van der Waals surface area contributed by atoms with E-state index in [1.165, 1.54) is 25.7 Å². The molecule has 0 heterocycles. The number of ether oxygens (including phenoxy) is 1. The number of unbranched alkanes of at least 4 members (excludes halogenated alkanes) is 4. The Morgan fingerprint density at radius 2 is 1.60 bits per heavy atom. The molecule has 0 spiro atoms. The van der Waals surface area contributed by atoms with Crippen molar-refractivity contribution in [2.75, 3.05) is 34.7 Å². The van der Waals surface area contributed by atoms with Gasteiger partial charge in [0.2, 0.25) is 0 Å². The van der Waals surface area contributed by atoms with Crippen LogP contribution < -0.4 is 0 Å². The van der Waals surface area contributed by atoms with E-state index < -0.39 is 0 Å². The average molecular weight is 284 g/mol. The minimum Gasteiger partial charge on any atom is -0.443 e. The monoisotopic (exact) mass is 284 g/mol. The van der Waals surface area contributed by atoms with Gasteiger partial charge in [-0.2, -0.15) is 0 Å². The Hall–Kier alpha value is -0.870. The standard InChI is InChI=1S/C16H32N2O2/c1-14(2)16(19)20-15(18(5)6)12-10-8-7-9-11-13-17(3)4/h15H,1,7-13H2,2-6H3. The fourth-order valence-electron chi connectivity index (χ4n) is 1.92. The molecule has 4 heteroatoms. The van der Waals surface area contributed by atoms with Gasteiger partial charge < -0.3 is 9.64 Å². The lowest BCUT2D eigenvalue weighted by atomic mass is 10.1. The third-order valence-electron chi connectivity index (χ3n) is 3.22. The quantitative estimate of drug-likeness (QED) is 0.253. The number of rotatable bonds is 11. The Kier molecular flexibility index (Phi) is 10.4. The molecule has 0 aliphatic heterocycles. The summed E-state index contributed by atoms with van der Waals surface area (Å²) in [6.07, 6.45) is 6.82. The van der Waals surface area contributed by atoms with E-state index in [9.17, 15) is 4.79 Å². The maximum absolute atomic E-state index is 11.5. The van der Waals surface area contributed by atoms with Crippen molar-refractivity contribution in [2.24, 2.45) is 0 Å². The van der Waals surface area contributed by atoms with E-state index in [-0.39, 0.29) is 12.2 Å². The molecular weight excluding hydrogens is 252 g/mol. The molecule has 0 bridgehead atoms. The second-order valence-corrected chi connectivity index (χ2v) is 5.96. The maximum Gasteiger partial charge on any atom is 0.334 e. The largest absolute Gasteiger partial charge is 0.443 e. The highest BCUT2D eigenvalue weighted by Gasteiger charge is 2.16. The first-order valence-corrected chi connectivity index (χ1v) is 7.52. The molecule has 0 rings (SSSR count). The SMILES string of the molecule is C=C(C)C(=O)OC(CCCCCCCN(C)C)N(C)C. The second-order valence-electron chi connectivity index (χ2n) is 5.96. The molecular formula is C16H32N2O2. The van der Waals surface area contributed by atoms with Crippen LogP contribution in [0.25, 0.3) is 0 Å². The lowest BCUT2D eigenvalue weighted by Gasteiger charge is -2.24. The molecule has 118 valence electrons. The van der Waals surface area contributed by atoms with E-state index in [4.69, 9.17) is 4.74 Å². The van der Waals surface area contributed by atoms with Crippen LogP contribution in [-0.2, 0) is 9.53 Å². The first-order chi connectivity index (χ1) is 9.34. The van der Waals surface area contributed by atoms with Crippen LogP contribution in [0.3, 0.4) is 0 Å². The number of esters is 1. The molecule has 0 N–H and O–H groups in total. The van der Waals surface area contributed by atoms with Gasteiger partial charge in [-0.05, 0) is 60.9 Å². The van der Waals surface area contributed by atoms with Crippen molar-refractivity contribution >= 4 is 5.97 Å². The topological polar surface area (TPSA) is 32.8 Å². The molecule has 0 amide bonds. The molecule has 1 atom stereocenters. The van der Waals surface area contributed by atoms with Gasteiger partial charge in [-0.25, -0.2) is 4.79 Å². The van der Waals surface area contributed by atoms with Gasteiger partial charge >= 0.3 is 5.97 Å². The van der Waals surface area contributed by atoms with E-state index in [0.29, 0.717) is 5.57 Å². The zero-order valence-corrected chi connectivity index (χ0v) is 13.9. The fourth-order valence-corrected chi connectivity index (χ4v) is 1.92. The van der Waals surface area contributed by atoms with E-state index >= 15 is 0 Å². The third kappa shape index (κ3) is 9.98. The summed E-state index contributed by atoms with van der Waals surface area (Å²) in [4.78, 5) is 15.7. The van der Waals surface area contributed by atoms with Crippen molar-refractivity contribution < 1.29 is 9.53 Å². The third-order valence-corrected chi connectivity index (χ3v) is 3.22. The Balaban J connectivity index is 3.77. The number of hydrogen-bond donors (Lipinski definition) is 0. The van der Waals surface area contributed by atoms with E-state index in [1.807, 2.05) is 19.0 Å². The predicted molar refractivity (Wildman–Crippen MR) is 84.6 cm³/mol. The zero-order valence-electron chi connectivity index (χ0n) is 13.9. The lowest BCUT2D eigenvalue weighted by molar-refractivity contribution is -0.152. The number of carbonyl (C=O) groups is 1. The summed E-state index contributed by atoms with van der Waals surface area (Å²) in [5, 5.41) is 0. The zero-order chi connectivity index (χ0) is 15.5. The number of hydrogen-bond acceptors (Lipinski definition) is 4. The van der Waals surface area contributed by atoms with Crippen LogP contribution in [0.2, 0.25) is 0 Å². The van der Waals surface area contributed by atoms with Gasteiger partial charge in [-0.3, -0.25) is 4.90 Å². The van der Waals surface area contributed by atoms with E-state index in [0.717, 1.165) is 19.4 Å². The Morgan fingerprint density at radius 1 is 1.05 bits per heavy atom. The van der Waals surface area contributed by atoms with Crippen LogP contribution in [0, 0.1) is 0 Å². The van der Waals surface area contributed by atoms with Crippen molar-refractivity contribution in [1.82, 2.24) is 9.80 Å².